The number of hydrogen-bond donors (Lipinski definition) is 2. The zero-order chi connectivity index (χ0) is 22.8. The fourth-order valence-electron chi connectivity index (χ4n) is 4.40. The lowest BCUT2D eigenvalue weighted by atomic mass is 9.98. The number of fused-ring (bicyclic) bond motifs is 3. The monoisotopic (exact) mass is 434 g/mol. The summed E-state index contributed by atoms with van der Waals surface area (Å²) in [4.78, 5) is 37.3. The molecule has 0 spiro atoms. The molecule has 7 heteroatoms. The molecule has 2 aliphatic carbocycles. The standard InChI is InChI=1S/C25H26N2O5/c1-15(24(29)30)27(2)23(28)16-11-12-17(13-16)26-25(31)32-14-22-20-9-5-3-7-18(20)19-8-4-6-10-21(19)22/h3-12,15-17,22H,13-14H2,1-2H3,(H,26,31)(H,29,30)/t15-,16?,17?/m0/s1. The van der Waals surface area contributed by atoms with Crippen molar-refractivity contribution in [2.45, 2.75) is 31.3 Å². The average Bonchev–Trinajstić information content (AvgIpc) is 3.38. The van der Waals surface area contributed by atoms with Crippen molar-refractivity contribution in [2.24, 2.45) is 5.92 Å². The molecule has 2 unspecified atom stereocenters. The van der Waals surface area contributed by atoms with Gasteiger partial charge in [0.1, 0.15) is 12.6 Å². The van der Waals surface area contributed by atoms with Crippen molar-refractivity contribution in [1.29, 1.82) is 0 Å². The number of alkyl carbamates (subject to hydrolysis) is 1. The van der Waals surface area contributed by atoms with Crippen LogP contribution in [0.4, 0.5) is 4.79 Å². The Labute approximate surface area is 186 Å². The average molecular weight is 434 g/mol. The molecule has 0 saturated heterocycles. The van der Waals surface area contributed by atoms with Crippen LogP contribution in [0, 0.1) is 5.92 Å². The number of nitrogens with one attached hydrogen (secondary N) is 1. The number of carboxylic acid groups (broad SMARTS) is 1. The second-order valence-corrected chi connectivity index (χ2v) is 8.27. The van der Waals surface area contributed by atoms with Crippen LogP contribution in [0.2, 0.25) is 0 Å². The minimum atomic E-state index is -1.06. The number of likely N-dealkylation sites (N-methyl/N-ethyl adjacent to an activating group) is 1. The number of aliphatic carboxylic acids is 1. The van der Waals surface area contributed by atoms with Crippen LogP contribution in [0.1, 0.15) is 30.4 Å². The number of rotatable bonds is 6. The lowest BCUT2D eigenvalue weighted by Crippen LogP contribution is -2.43. The van der Waals surface area contributed by atoms with Gasteiger partial charge in [-0.25, -0.2) is 9.59 Å². The summed E-state index contributed by atoms with van der Waals surface area (Å²) in [5, 5.41) is 11.9. The first-order valence-electron chi connectivity index (χ1n) is 10.7. The van der Waals surface area contributed by atoms with Gasteiger partial charge in [-0.1, -0.05) is 60.7 Å². The van der Waals surface area contributed by atoms with Gasteiger partial charge in [-0.2, -0.15) is 0 Å². The topological polar surface area (TPSA) is 95.9 Å². The summed E-state index contributed by atoms with van der Waals surface area (Å²) < 4.78 is 5.56. The number of carbonyl (C=O) groups excluding carboxylic acids is 2. The summed E-state index contributed by atoms with van der Waals surface area (Å²) in [6.45, 7) is 1.68. The van der Waals surface area contributed by atoms with E-state index in [1.165, 1.54) is 18.9 Å². The molecule has 4 rings (SSSR count). The SMILES string of the molecule is C[C@@H](C(=O)O)N(C)C(=O)C1C=CC(NC(=O)OCC2c3ccccc3-c3ccccc32)C1. The van der Waals surface area contributed by atoms with Gasteiger partial charge in [-0.3, -0.25) is 4.79 Å². The van der Waals surface area contributed by atoms with Crippen LogP contribution in [-0.2, 0) is 14.3 Å². The van der Waals surface area contributed by atoms with E-state index in [2.05, 4.69) is 29.6 Å². The summed E-state index contributed by atoms with van der Waals surface area (Å²) in [6.07, 6.45) is 3.30. The van der Waals surface area contributed by atoms with Gasteiger partial charge in [0.25, 0.3) is 0 Å². The fraction of sp³-hybridized carbons (Fsp3) is 0.320. The highest BCUT2D eigenvalue weighted by Gasteiger charge is 2.32. The number of benzene rings is 2. The summed E-state index contributed by atoms with van der Waals surface area (Å²) in [7, 11) is 1.47. The Morgan fingerprint density at radius 3 is 2.25 bits per heavy atom. The van der Waals surface area contributed by atoms with Crippen molar-refractivity contribution in [2.75, 3.05) is 13.7 Å². The quantitative estimate of drug-likeness (QED) is 0.680. The molecule has 0 radical (unpaired) electrons. The van der Waals surface area contributed by atoms with E-state index in [-0.39, 0.29) is 24.5 Å². The van der Waals surface area contributed by atoms with Gasteiger partial charge >= 0.3 is 12.1 Å². The predicted octanol–water partition coefficient (Wildman–Crippen LogP) is 3.40. The number of amides is 2. The Kier molecular flexibility index (Phi) is 5.99. The Morgan fingerprint density at radius 1 is 1.06 bits per heavy atom. The van der Waals surface area contributed by atoms with E-state index in [4.69, 9.17) is 9.84 Å². The fourth-order valence-corrected chi connectivity index (χ4v) is 4.40. The van der Waals surface area contributed by atoms with Gasteiger partial charge in [-0.05, 0) is 35.6 Å². The van der Waals surface area contributed by atoms with Gasteiger partial charge in [0.2, 0.25) is 5.91 Å². The molecule has 0 saturated carbocycles. The second-order valence-electron chi connectivity index (χ2n) is 8.27. The highest BCUT2D eigenvalue weighted by Crippen LogP contribution is 2.44. The van der Waals surface area contributed by atoms with E-state index in [0.29, 0.717) is 6.42 Å². The minimum Gasteiger partial charge on any atom is -0.480 e. The van der Waals surface area contributed by atoms with E-state index in [9.17, 15) is 14.4 Å². The van der Waals surface area contributed by atoms with E-state index in [1.54, 1.807) is 12.2 Å². The van der Waals surface area contributed by atoms with Crippen LogP contribution < -0.4 is 5.32 Å². The molecule has 2 aliphatic rings. The molecule has 2 N–H and O–H groups in total. The molecule has 0 bridgehead atoms. The Bertz CT molecular complexity index is 1030. The van der Waals surface area contributed by atoms with Crippen LogP contribution in [0.3, 0.4) is 0 Å². The lowest BCUT2D eigenvalue weighted by molar-refractivity contribution is -0.149. The van der Waals surface area contributed by atoms with Crippen LogP contribution in [0.15, 0.2) is 60.7 Å². The normalized spacial score (nSPS) is 19.7. The third-order valence-corrected chi connectivity index (χ3v) is 6.33. The van der Waals surface area contributed by atoms with Crippen LogP contribution in [0.25, 0.3) is 11.1 Å². The molecule has 2 aromatic carbocycles. The molecule has 2 aromatic rings. The molecule has 0 aromatic heterocycles. The van der Waals surface area contributed by atoms with E-state index in [1.807, 2.05) is 24.3 Å². The van der Waals surface area contributed by atoms with E-state index in [0.717, 1.165) is 22.3 Å². The molecule has 0 fully saturated rings. The number of nitrogens with zero attached hydrogens (tertiary/aromatic N) is 1. The minimum absolute atomic E-state index is 0.0206. The molecule has 3 atom stereocenters. The van der Waals surface area contributed by atoms with Crippen molar-refractivity contribution in [3.05, 3.63) is 71.8 Å². The molecular weight excluding hydrogens is 408 g/mol. The summed E-state index contributed by atoms with van der Waals surface area (Å²) in [5.41, 5.74) is 4.61. The Morgan fingerprint density at radius 2 is 1.66 bits per heavy atom. The first-order valence-corrected chi connectivity index (χ1v) is 10.7. The Balaban J connectivity index is 1.33. The molecule has 0 aliphatic heterocycles. The molecule has 32 heavy (non-hydrogen) atoms. The molecule has 166 valence electrons. The largest absolute Gasteiger partial charge is 0.480 e. The van der Waals surface area contributed by atoms with Crippen LogP contribution in [-0.4, -0.2) is 53.7 Å². The van der Waals surface area contributed by atoms with E-state index >= 15 is 0 Å². The predicted molar refractivity (Wildman–Crippen MR) is 119 cm³/mol. The van der Waals surface area contributed by atoms with Gasteiger partial charge in [0.05, 0.1) is 12.0 Å². The summed E-state index contributed by atoms with van der Waals surface area (Å²) >= 11 is 0. The Hall–Kier alpha value is -3.61. The number of hydrogen-bond acceptors (Lipinski definition) is 4. The number of carboxylic acids is 1. The molecule has 2 amide bonds. The lowest BCUT2D eigenvalue weighted by Gasteiger charge is -2.24. The van der Waals surface area contributed by atoms with Crippen molar-refractivity contribution in [3.63, 3.8) is 0 Å². The molecule has 0 heterocycles. The first kappa shape index (κ1) is 21.6. The number of ether oxygens (including phenoxy) is 1. The van der Waals surface area contributed by atoms with Gasteiger partial charge < -0.3 is 20.1 Å². The van der Waals surface area contributed by atoms with Crippen LogP contribution >= 0.6 is 0 Å². The van der Waals surface area contributed by atoms with Crippen molar-refractivity contribution in [3.8, 4) is 11.1 Å². The number of carbonyl (C=O) groups is 3. The maximum atomic E-state index is 12.5. The molecule has 7 nitrogen and oxygen atoms in total. The van der Waals surface area contributed by atoms with Gasteiger partial charge in [0, 0.05) is 13.0 Å². The highest BCUT2D eigenvalue weighted by molar-refractivity contribution is 5.86. The maximum absolute atomic E-state index is 12.5. The smallest absolute Gasteiger partial charge is 0.407 e. The summed E-state index contributed by atoms with van der Waals surface area (Å²) in [5.74, 6) is -1.84. The highest BCUT2D eigenvalue weighted by atomic mass is 16.5. The van der Waals surface area contributed by atoms with Gasteiger partial charge in [0.15, 0.2) is 0 Å². The zero-order valence-corrected chi connectivity index (χ0v) is 18.0. The van der Waals surface area contributed by atoms with Crippen molar-refractivity contribution in [1.82, 2.24) is 10.2 Å². The van der Waals surface area contributed by atoms with Gasteiger partial charge in [-0.15, -0.1) is 0 Å². The van der Waals surface area contributed by atoms with Crippen molar-refractivity contribution < 1.29 is 24.2 Å². The third-order valence-electron chi connectivity index (χ3n) is 6.33. The summed E-state index contributed by atoms with van der Waals surface area (Å²) in [6, 6.07) is 15.0. The first-order chi connectivity index (χ1) is 15.4. The molecular formula is C25H26N2O5. The zero-order valence-electron chi connectivity index (χ0n) is 18.0. The van der Waals surface area contributed by atoms with E-state index < -0.39 is 24.0 Å². The van der Waals surface area contributed by atoms with Crippen molar-refractivity contribution >= 4 is 18.0 Å². The van der Waals surface area contributed by atoms with Crippen LogP contribution in [0.5, 0.6) is 0 Å². The second kappa shape index (κ2) is 8.86. The maximum Gasteiger partial charge on any atom is 0.407 e. The third kappa shape index (κ3) is 4.10.